The fraction of sp³-hybridized carbons (Fsp3) is 0.111. The quantitative estimate of drug-likeness (QED) is 0.609. The van der Waals surface area contributed by atoms with E-state index in [1.54, 1.807) is 13.2 Å². The van der Waals surface area contributed by atoms with Gasteiger partial charge in [-0.05, 0) is 30.0 Å². The van der Waals surface area contributed by atoms with Gasteiger partial charge in [0.25, 0.3) is 0 Å². The first-order valence-electron chi connectivity index (χ1n) is 7.85. The number of primary amides is 1. The zero-order chi connectivity index (χ0) is 19.4. The molecule has 0 atom stereocenters. The van der Waals surface area contributed by atoms with E-state index in [4.69, 9.17) is 22.1 Å². The Morgan fingerprint density at radius 3 is 2.85 bits per heavy atom. The molecule has 0 radical (unpaired) electrons. The molecule has 27 heavy (non-hydrogen) atoms. The van der Waals surface area contributed by atoms with Gasteiger partial charge in [-0.2, -0.15) is 0 Å². The van der Waals surface area contributed by atoms with Gasteiger partial charge in [-0.25, -0.2) is 4.98 Å². The van der Waals surface area contributed by atoms with Crippen molar-refractivity contribution in [2.75, 3.05) is 7.11 Å². The van der Waals surface area contributed by atoms with E-state index in [0.717, 1.165) is 5.56 Å². The van der Waals surface area contributed by atoms with Gasteiger partial charge in [-0.1, -0.05) is 29.8 Å². The van der Waals surface area contributed by atoms with Crippen LogP contribution in [0.15, 0.2) is 59.4 Å². The van der Waals surface area contributed by atoms with Gasteiger partial charge in [0.1, 0.15) is 10.8 Å². The lowest BCUT2D eigenvalue weighted by atomic mass is 10.2. The van der Waals surface area contributed by atoms with Gasteiger partial charge in [0.2, 0.25) is 5.91 Å². The molecule has 0 saturated carbocycles. The van der Waals surface area contributed by atoms with Crippen LogP contribution in [0.4, 0.5) is 0 Å². The van der Waals surface area contributed by atoms with E-state index in [-0.39, 0.29) is 5.56 Å². The van der Waals surface area contributed by atoms with Crippen LogP contribution in [0.3, 0.4) is 0 Å². The maximum atomic E-state index is 11.3. The fourth-order valence-corrected chi connectivity index (χ4v) is 3.48. The van der Waals surface area contributed by atoms with Crippen LogP contribution in [0.1, 0.15) is 10.4 Å². The van der Waals surface area contributed by atoms with Gasteiger partial charge in [0.15, 0.2) is 11.0 Å². The molecule has 2 heterocycles. The molecule has 1 aromatic carbocycles. The summed E-state index contributed by atoms with van der Waals surface area (Å²) in [6.45, 7) is 4.29. The molecular formula is C18H16ClN5O2S. The molecule has 3 rings (SSSR count). The molecule has 2 aromatic heterocycles. The molecular weight excluding hydrogens is 386 g/mol. The van der Waals surface area contributed by atoms with Crippen LogP contribution >= 0.6 is 23.4 Å². The minimum Gasteiger partial charge on any atom is -0.496 e. The maximum absolute atomic E-state index is 11.3. The van der Waals surface area contributed by atoms with Crippen LogP contribution in [0.2, 0.25) is 5.02 Å². The Bertz CT molecular complexity index is 1010. The smallest absolute Gasteiger partial charge is 0.250 e. The Morgan fingerprint density at radius 2 is 2.19 bits per heavy atom. The van der Waals surface area contributed by atoms with Crippen molar-refractivity contribution in [3.8, 4) is 17.1 Å². The molecule has 0 unspecified atom stereocenters. The zero-order valence-electron chi connectivity index (χ0n) is 14.4. The minimum absolute atomic E-state index is 0.242. The van der Waals surface area contributed by atoms with Crippen LogP contribution in [-0.4, -0.2) is 32.8 Å². The number of ether oxygens (including phenoxy) is 1. The van der Waals surface area contributed by atoms with Crippen molar-refractivity contribution in [2.45, 2.75) is 16.7 Å². The molecule has 9 heteroatoms. The molecule has 0 aliphatic rings. The SMILES string of the molecule is C=CCn1c(Sc2ncc(C(N)=O)cc2Cl)nnc1-c1ccccc1OC. The number of amides is 1. The standard InChI is InChI=1S/C18H16ClN5O2S/c1-3-8-24-16(12-6-4-5-7-14(12)26-2)22-23-18(24)27-17-13(19)9-11(10-21-17)15(20)25/h3-7,9-10H,1,8H2,2H3,(H2,20,25). The normalized spacial score (nSPS) is 10.6. The lowest BCUT2D eigenvalue weighted by molar-refractivity contribution is 0.1000. The van der Waals surface area contributed by atoms with Gasteiger partial charge in [-0.3, -0.25) is 9.36 Å². The molecule has 0 saturated heterocycles. The van der Waals surface area contributed by atoms with Gasteiger partial charge in [-0.15, -0.1) is 16.8 Å². The zero-order valence-corrected chi connectivity index (χ0v) is 16.0. The topological polar surface area (TPSA) is 95.9 Å². The van der Waals surface area contributed by atoms with E-state index in [2.05, 4.69) is 21.8 Å². The fourth-order valence-electron chi connectivity index (χ4n) is 2.41. The third-order valence-electron chi connectivity index (χ3n) is 3.66. The molecule has 3 aromatic rings. The highest BCUT2D eigenvalue weighted by Crippen LogP contribution is 2.35. The van der Waals surface area contributed by atoms with Gasteiger partial charge < -0.3 is 10.5 Å². The monoisotopic (exact) mass is 401 g/mol. The van der Waals surface area contributed by atoms with Crippen molar-refractivity contribution < 1.29 is 9.53 Å². The van der Waals surface area contributed by atoms with Crippen molar-refractivity contribution in [3.05, 3.63) is 59.8 Å². The summed E-state index contributed by atoms with van der Waals surface area (Å²) < 4.78 is 7.31. The highest BCUT2D eigenvalue weighted by atomic mass is 35.5. The van der Waals surface area contributed by atoms with Crippen LogP contribution in [0, 0.1) is 0 Å². The first kappa shape index (κ1) is 18.9. The number of allylic oxidation sites excluding steroid dienone is 1. The van der Waals surface area contributed by atoms with E-state index in [1.807, 2.05) is 28.8 Å². The number of nitrogens with two attached hydrogens (primary N) is 1. The van der Waals surface area contributed by atoms with Crippen LogP contribution < -0.4 is 10.5 Å². The summed E-state index contributed by atoms with van der Waals surface area (Å²) in [4.78, 5) is 15.5. The second-order valence-electron chi connectivity index (χ2n) is 5.38. The van der Waals surface area contributed by atoms with Crippen LogP contribution in [-0.2, 0) is 6.54 Å². The van der Waals surface area contributed by atoms with Crippen molar-refractivity contribution in [2.24, 2.45) is 5.73 Å². The van der Waals surface area contributed by atoms with Crippen molar-refractivity contribution in [3.63, 3.8) is 0 Å². The van der Waals surface area contributed by atoms with Gasteiger partial charge in [0, 0.05) is 12.7 Å². The number of rotatable bonds is 7. The molecule has 138 valence electrons. The summed E-state index contributed by atoms with van der Waals surface area (Å²) in [5, 5.41) is 9.95. The predicted octanol–water partition coefficient (Wildman–Crippen LogP) is 3.44. The van der Waals surface area contributed by atoms with Crippen LogP contribution in [0.25, 0.3) is 11.4 Å². The largest absolute Gasteiger partial charge is 0.496 e. The number of para-hydroxylation sites is 1. The van der Waals surface area contributed by atoms with Crippen molar-refractivity contribution in [1.29, 1.82) is 0 Å². The Balaban J connectivity index is 2.01. The number of hydrogen-bond acceptors (Lipinski definition) is 6. The van der Waals surface area contributed by atoms with E-state index >= 15 is 0 Å². The molecule has 0 spiro atoms. The summed E-state index contributed by atoms with van der Waals surface area (Å²) in [5.41, 5.74) is 6.30. The minimum atomic E-state index is -0.589. The van der Waals surface area contributed by atoms with Crippen LogP contribution in [0.5, 0.6) is 5.75 Å². The summed E-state index contributed by atoms with van der Waals surface area (Å²) in [7, 11) is 1.60. The van der Waals surface area contributed by atoms with Gasteiger partial charge in [0.05, 0.1) is 23.3 Å². The molecule has 1 amide bonds. The number of nitrogens with zero attached hydrogens (tertiary/aromatic N) is 4. The highest BCUT2D eigenvalue weighted by molar-refractivity contribution is 7.99. The molecule has 0 bridgehead atoms. The molecule has 0 fully saturated rings. The Hall–Kier alpha value is -2.84. The van der Waals surface area contributed by atoms with E-state index in [0.29, 0.717) is 33.3 Å². The number of aromatic nitrogens is 4. The summed E-state index contributed by atoms with van der Waals surface area (Å²) >= 11 is 7.47. The Kier molecular flexibility index (Phi) is 5.78. The lowest BCUT2D eigenvalue weighted by Gasteiger charge is -2.10. The average molecular weight is 402 g/mol. The molecule has 0 aliphatic carbocycles. The maximum Gasteiger partial charge on any atom is 0.250 e. The first-order chi connectivity index (χ1) is 13.0. The van der Waals surface area contributed by atoms with E-state index in [1.165, 1.54) is 24.0 Å². The van der Waals surface area contributed by atoms with E-state index < -0.39 is 5.91 Å². The number of pyridine rings is 1. The number of carbonyl (C=O) groups excluding carboxylic acids is 1. The average Bonchev–Trinajstić information content (AvgIpc) is 3.05. The predicted molar refractivity (Wildman–Crippen MR) is 104 cm³/mol. The highest BCUT2D eigenvalue weighted by Gasteiger charge is 2.19. The number of benzene rings is 1. The molecule has 7 nitrogen and oxygen atoms in total. The second kappa shape index (κ2) is 8.24. The Labute approximate surface area is 165 Å². The van der Waals surface area contributed by atoms with Gasteiger partial charge >= 0.3 is 0 Å². The molecule has 2 N–H and O–H groups in total. The number of methoxy groups -OCH3 is 1. The van der Waals surface area contributed by atoms with Crippen molar-refractivity contribution in [1.82, 2.24) is 19.7 Å². The summed E-state index contributed by atoms with van der Waals surface area (Å²) in [6, 6.07) is 9.03. The molecule has 0 aliphatic heterocycles. The second-order valence-corrected chi connectivity index (χ2v) is 6.75. The Morgan fingerprint density at radius 1 is 1.41 bits per heavy atom. The first-order valence-corrected chi connectivity index (χ1v) is 9.05. The van der Waals surface area contributed by atoms with Crippen molar-refractivity contribution >= 4 is 29.3 Å². The summed E-state index contributed by atoms with van der Waals surface area (Å²) in [6.07, 6.45) is 3.13. The third kappa shape index (κ3) is 3.96. The summed E-state index contributed by atoms with van der Waals surface area (Å²) in [5.74, 6) is 0.739. The third-order valence-corrected chi connectivity index (χ3v) is 5.06. The number of hydrogen-bond donors (Lipinski definition) is 1. The number of halogens is 1. The van der Waals surface area contributed by atoms with E-state index in [9.17, 15) is 4.79 Å². The number of carbonyl (C=O) groups is 1. The lowest BCUT2D eigenvalue weighted by Crippen LogP contribution is -2.11.